The third-order valence-electron chi connectivity index (χ3n) is 4.52. The van der Waals surface area contributed by atoms with E-state index in [0.717, 1.165) is 38.1 Å². The number of hydrogen-bond donors (Lipinski definition) is 2. The summed E-state index contributed by atoms with van der Waals surface area (Å²) in [5.41, 5.74) is 0. The molecular formula is C18H38N4O2. The van der Waals surface area contributed by atoms with Crippen LogP contribution in [0.25, 0.3) is 0 Å². The number of likely N-dealkylation sites (tertiary alicyclic amines) is 1. The molecule has 6 heteroatoms. The van der Waals surface area contributed by atoms with Crippen molar-refractivity contribution in [1.29, 1.82) is 0 Å². The molecule has 1 saturated heterocycles. The third kappa shape index (κ3) is 10.1. The van der Waals surface area contributed by atoms with Gasteiger partial charge in [-0.25, -0.2) is 0 Å². The topological polar surface area (TPSA) is 58.1 Å². The number of nitrogens with one attached hydrogen (secondary N) is 2. The summed E-state index contributed by atoms with van der Waals surface area (Å²) < 4.78 is 10.4. The zero-order valence-electron chi connectivity index (χ0n) is 16.0. The molecule has 1 rings (SSSR count). The first kappa shape index (κ1) is 21.2. The molecule has 0 aromatic rings. The highest BCUT2D eigenvalue weighted by Crippen LogP contribution is 2.16. The number of methoxy groups -OCH3 is 1. The van der Waals surface area contributed by atoms with Gasteiger partial charge in [0, 0.05) is 39.9 Å². The number of aliphatic imine (C=N–C) groups is 1. The van der Waals surface area contributed by atoms with Gasteiger partial charge in [0.25, 0.3) is 0 Å². The van der Waals surface area contributed by atoms with Gasteiger partial charge in [0.05, 0.1) is 13.2 Å². The summed E-state index contributed by atoms with van der Waals surface area (Å²) in [5, 5.41) is 6.71. The van der Waals surface area contributed by atoms with Crippen LogP contribution in [0.4, 0.5) is 0 Å². The molecule has 0 aromatic carbocycles. The lowest BCUT2D eigenvalue weighted by molar-refractivity contribution is 0.0698. The maximum Gasteiger partial charge on any atom is 0.190 e. The Hall–Kier alpha value is -0.850. The van der Waals surface area contributed by atoms with Gasteiger partial charge in [0.15, 0.2) is 5.96 Å². The zero-order valence-corrected chi connectivity index (χ0v) is 16.0. The molecule has 2 N–H and O–H groups in total. The third-order valence-corrected chi connectivity index (χ3v) is 4.52. The van der Waals surface area contributed by atoms with Gasteiger partial charge in [0.1, 0.15) is 0 Å². The molecule has 0 radical (unpaired) electrons. The lowest BCUT2D eigenvalue weighted by atomic mass is 10.0. The average Bonchev–Trinajstić information content (AvgIpc) is 2.60. The molecule has 1 fully saturated rings. The quantitative estimate of drug-likeness (QED) is 0.322. The lowest BCUT2D eigenvalue weighted by Gasteiger charge is -2.33. The molecule has 24 heavy (non-hydrogen) atoms. The smallest absolute Gasteiger partial charge is 0.190 e. The molecule has 142 valence electrons. The second-order valence-corrected chi connectivity index (χ2v) is 6.47. The molecule has 0 spiro atoms. The van der Waals surface area contributed by atoms with Gasteiger partial charge in [-0.05, 0) is 52.1 Å². The number of ether oxygens (including phenoxy) is 2. The number of hydrogen-bond acceptors (Lipinski definition) is 4. The Labute approximate surface area is 148 Å². The van der Waals surface area contributed by atoms with Crippen LogP contribution in [0, 0.1) is 0 Å². The predicted molar refractivity (Wildman–Crippen MR) is 101 cm³/mol. The fourth-order valence-corrected chi connectivity index (χ4v) is 2.98. The van der Waals surface area contributed by atoms with Crippen LogP contribution in [0.5, 0.6) is 0 Å². The Morgan fingerprint density at radius 1 is 1.08 bits per heavy atom. The van der Waals surface area contributed by atoms with E-state index >= 15 is 0 Å². The summed E-state index contributed by atoms with van der Waals surface area (Å²) in [5.74, 6) is 0.887. The molecule has 1 atom stereocenters. The molecule has 1 heterocycles. The molecule has 1 aliphatic heterocycles. The predicted octanol–water partition coefficient (Wildman–Crippen LogP) is 1.86. The summed E-state index contributed by atoms with van der Waals surface area (Å²) in [6, 6.07) is 0.771. The van der Waals surface area contributed by atoms with Crippen LogP contribution < -0.4 is 10.6 Å². The van der Waals surface area contributed by atoms with Crippen LogP contribution in [-0.4, -0.2) is 77.1 Å². The van der Waals surface area contributed by atoms with Gasteiger partial charge in [-0.3, -0.25) is 4.99 Å². The molecular weight excluding hydrogens is 304 g/mol. The zero-order chi connectivity index (χ0) is 17.5. The van der Waals surface area contributed by atoms with Crippen LogP contribution in [0.2, 0.25) is 0 Å². The number of piperidine rings is 1. The van der Waals surface area contributed by atoms with E-state index in [2.05, 4.69) is 27.4 Å². The van der Waals surface area contributed by atoms with E-state index in [-0.39, 0.29) is 0 Å². The Morgan fingerprint density at radius 2 is 1.88 bits per heavy atom. The van der Waals surface area contributed by atoms with Gasteiger partial charge >= 0.3 is 0 Å². The van der Waals surface area contributed by atoms with Crippen LogP contribution in [0.3, 0.4) is 0 Å². The first-order valence-corrected chi connectivity index (χ1v) is 9.53. The van der Waals surface area contributed by atoms with Crippen LogP contribution in [0.15, 0.2) is 4.99 Å². The van der Waals surface area contributed by atoms with Crippen molar-refractivity contribution in [2.24, 2.45) is 4.99 Å². The minimum absolute atomic E-state index is 0.660. The standard InChI is InChI=1S/C18H38N4O2/c1-17-9-4-6-12-22(17)13-7-5-10-20-18(19-2)21-11-8-14-24-16-15-23-3/h17H,4-16H2,1-3H3,(H2,19,20,21). The molecule has 0 amide bonds. The fraction of sp³-hybridized carbons (Fsp3) is 0.944. The Bertz CT molecular complexity index is 326. The van der Waals surface area contributed by atoms with E-state index < -0.39 is 0 Å². The van der Waals surface area contributed by atoms with E-state index in [9.17, 15) is 0 Å². The number of unbranched alkanes of at least 4 members (excludes halogenated alkanes) is 1. The second kappa shape index (κ2) is 14.5. The molecule has 0 aliphatic carbocycles. The van der Waals surface area contributed by atoms with E-state index in [1.165, 1.54) is 45.2 Å². The van der Waals surface area contributed by atoms with Crippen molar-refractivity contribution >= 4 is 5.96 Å². The SMILES string of the molecule is CN=C(NCCCCN1CCCCC1C)NCCCOCCOC. The van der Waals surface area contributed by atoms with Crippen LogP contribution >= 0.6 is 0 Å². The number of rotatable bonds is 12. The van der Waals surface area contributed by atoms with Crippen LogP contribution in [-0.2, 0) is 9.47 Å². The van der Waals surface area contributed by atoms with Crippen molar-refractivity contribution in [2.75, 3.05) is 60.2 Å². The highest BCUT2D eigenvalue weighted by atomic mass is 16.5. The number of guanidine groups is 1. The van der Waals surface area contributed by atoms with Gasteiger partial charge in [-0.15, -0.1) is 0 Å². The summed E-state index contributed by atoms with van der Waals surface area (Å²) in [7, 11) is 3.51. The molecule has 0 bridgehead atoms. The Kier molecular flexibility index (Phi) is 12.8. The van der Waals surface area contributed by atoms with Gasteiger partial charge < -0.3 is 25.0 Å². The molecule has 1 aliphatic rings. The summed E-state index contributed by atoms with van der Waals surface area (Å²) in [4.78, 5) is 6.90. The van der Waals surface area contributed by atoms with E-state index in [0.29, 0.717) is 13.2 Å². The lowest BCUT2D eigenvalue weighted by Crippen LogP contribution is -2.39. The minimum Gasteiger partial charge on any atom is -0.382 e. The molecule has 0 aromatic heterocycles. The maximum absolute atomic E-state index is 5.44. The maximum atomic E-state index is 5.44. The van der Waals surface area contributed by atoms with Gasteiger partial charge in [0.2, 0.25) is 0 Å². The van der Waals surface area contributed by atoms with Crippen molar-refractivity contribution in [3.8, 4) is 0 Å². The highest BCUT2D eigenvalue weighted by Gasteiger charge is 2.16. The average molecular weight is 343 g/mol. The van der Waals surface area contributed by atoms with Gasteiger partial charge in [-0.1, -0.05) is 6.42 Å². The van der Waals surface area contributed by atoms with E-state index in [1.54, 1.807) is 7.11 Å². The first-order valence-electron chi connectivity index (χ1n) is 9.53. The fourth-order valence-electron chi connectivity index (χ4n) is 2.98. The van der Waals surface area contributed by atoms with Crippen molar-refractivity contribution in [3.05, 3.63) is 0 Å². The van der Waals surface area contributed by atoms with Crippen molar-refractivity contribution in [2.45, 2.75) is 51.5 Å². The van der Waals surface area contributed by atoms with Crippen molar-refractivity contribution in [3.63, 3.8) is 0 Å². The second-order valence-electron chi connectivity index (χ2n) is 6.47. The normalized spacial score (nSPS) is 19.5. The molecule has 1 unspecified atom stereocenters. The summed E-state index contributed by atoms with van der Waals surface area (Å²) >= 11 is 0. The van der Waals surface area contributed by atoms with E-state index in [1.807, 2.05) is 7.05 Å². The molecule has 0 saturated carbocycles. The van der Waals surface area contributed by atoms with Gasteiger partial charge in [-0.2, -0.15) is 0 Å². The minimum atomic E-state index is 0.660. The highest BCUT2D eigenvalue weighted by molar-refractivity contribution is 5.79. The summed E-state index contributed by atoms with van der Waals surface area (Å²) in [6.45, 7) is 8.80. The largest absolute Gasteiger partial charge is 0.382 e. The number of nitrogens with zero attached hydrogens (tertiary/aromatic N) is 2. The van der Waals surface area contributed by atoms with Crippen molar-refractivity contribution < 1.29 is 9.47 Å². The molecule has 6 nitrogen and oxygen atoms in total. The van der Waals surface area contributed by atoms with E-state index in [4.69, 9.17) is 9.47 Å². The summed E-state index contributed by atoms with van der Waals surface area (Å²) in [6.07, 6.45) is 7.54. The monoisotopic (exact) mass is 342 g/mol. The Morgan fingerprint density at radius 3 is 2.58 bits per heavy atom. The van der Waals surface area contributed by atoms with Crippen molar-refractivity contribution in [1.82, 2.24) is 15.5 Å². The van der Waals surface area contributed by atoms with Crippen LogP contribution in [0.1, 0.15) is 45.4 Å². The first-order chi connectivity index (χ1) is 11.8. The Balaban J connectivity index is 1.95.